The molecule has 0 aliphatic carbocycles. The highest BCUT2D eigenvalue weighted by atomic mass is 16.6. The number of aryl methyl sites for hydroxylation is 1. The van der Waals surface area contributed by atoms with Gasteiger partial charge in [0.25, 0.3) is 17.3 Å². The summed E-state index contributed by atoms with van der Waals surface area (Å²) in [6.45, 7) is 2.29. The van der Waals surface area contributed by atoms with Crippen molar-refractivity contribution in [3.8, 4) is 0 Å². The number of carbonyl (C=O) groups is 1. The number of carbonyl (C=O) groups excluding carboxylic acids is 1. The lowest BCUT2D eigenvalue weighted by Gasteiger charge is -2.23. The number of para-hydroxylation sites is 1. The summed E-state index contributed by atoms with van der Waals surface area (Å²) >= 11 is 0. The highest BCUT2D eigenvalue weighted by Gasteiger charge is 2.24. The summed E-state index contributed by atoms with van der Waals surface area (Å²) in [6.07, 6.45) is 0.554. The van der Waals surface area contributed by atoms with Crippen LogP contribution in [0.4, 0.5) is 17.1 Å². The molecule has 0 bridgehead atoms. The molecule has 30 heavy (non-hydrogen) atoms. The van der Waals surface area contributed by atoms with Gasteiger partial charge in [0.15, 0.2) is 0 Å². The lowest BCUT2D eigenvalue weighted by molar-refractivity contribution is -0.394. The van der Waals surface area contributed by atoms with Crippen LogP contribution in [0.3, 0.4) is 0 Å². The van der Waals surface area contributed by atoms with Gasteiger partial charge in [0.1, 0.15) is 0 Å². The largest absolute Gasteiger partial charge is 0.308 e. The van der Waals surface area contributed by atoms with E-state index in [9.17, 15) is 25.0 Å². The zero-order valence-corrected chi connectivity index (χ0v) is 16.2. The van der Waals surface area contributed by atoms with Crippen LogP contribution in [0.2, 0.25) is 0 Å². The number of rotatable bonds is 7. The van der Waals surface area contributed by atoms with Crippen molar-refractivity contribution in [2.24, 2.45) is 0 Å². The Balaban J connectivity index is 1.97. The molecule has 8 nitrogen and oxygen atoms in total. The molecular formula is C22H19N3O5. The second kappa shape index (κ2) is 8.95. The molecule has 0 radical (unpaired) electrons. The molecule has 1 amide bonds. The maximum atomic E-state index is 13.3. The van der Waals surface area contributed by atoms with E-state index in [1.807, 2.05) is 37.3 Å². The minimum atomic E-state index is -0.747. The van der Waals surface area contributed by atoms with E-state index in [4.69, 9.17) is 0 Å². The summed E-state index contributed by atoms with van der Waals surface area (Å²) in [5.41, 5.74) is 1.64. The fourth-order valence-corrected chi connectivity index (χ4v) is 3.04. The van der Waals surface area contributed by atoms with Gasteiger partial charge >= 0.3 is 0 Å². The molecule has 0 atom stereocenters. The van der Waals surface area contributed by atoms with Crippen LogP contribution in [0.1, 0.15) is 21.5 Å². The number of anilines is 1. The second-order valence-electron chi connectivity index (χ2n) is 6.78. The number of hydrogen-bond acceptors (Lipinski definition) is 5. The van der Waals surface area contributed by atoms with E-state index in [2.05, 4.69) is 0 Å². The van der Waals surface area contributed by atoms with E-state index in [0.717, 1.165) is 29.3 Å². The van der Waals surface area contributed by atoms with Crippen LogP contribution in [-0.4, -0.2) is 22.3 Å². The molecule has 3 aromatic carbocycles. The maximum Gasteiger partial charge on any atom is 0.277 e. The third-order valence-electron chi connectivity index (χ3n) is 4.63. The predicted octanol–water partition coefficient (Wildman–Crippen LogP) is 4.70. The van der Waals surface area contributed by atoms with Gasteiger partial charge < -0.3 is 4.90 Å². The van der Waals surface area contributed by atoms with Crippen molar-refractivity contribution in [3.05, 3.63) is 110 Å². The molecule has 0 aliphatic heterocycles. The number of hydrogen-bond donors (Lipinski definition) is 0. The number of benzene rings is 3. The first-order chi connectivity index (χ1) is 14.3. The molecule has 0 aliphatic rings. The second-order valence-corrected chi connectivity index (χ2v) is 6.78. The molecule has 3 aromatic rings. The summed E-state index contributed by atoms with van der Waals surface area (Å²) in [5.74, 6) is -0.542. The smallest absolute Gasteiger partial charge is 0.277 e. The van der Waals surface area contributed by atoms with E-state index in [-0.39, 0.29) is 5.56 Å². The van der Waals surface area contributed by atoms with Gasteiger partial charge in [-0.05, 0) is 31.0 Å². The van der Waals surface area contributed by atoms with Crippen LogP contribution < -0.4 is 4.90 Å². The van der Waals surface area contributed by atoms with Crippen molar-refractivity contribution in [2.75, 3.05) is 11.4 Å². The molecule has 0 unspecified atom stereocenters. The Labute approximate surface area is 172 Å². The Hall–Kier alpha value is -4.07. The van der Waals surface area contributed by atoms with Gasteiger partial charge in [-0.3, -0.25) is 25.0 Å². The molecule has 3 rings (SSSR count). The minimum Gasteiger partial charge on any atom is -0.308 e. The van der Waals surface area contributed by atoms with Crippen molar-refractivity contribution >= 4 is 23.0 Å². The van der Waals surface area contributed by atoms with E-state index < -0.39 is 27.1 Å². The van der Waals surface area contributed by atoms with Crippen LogP contribution >= 0.6 is 0 Å². The fraction of sp³-hybridized carbons (Fsp3) is 0.136. The zero-order valence-electron chi connectivity index (χ0n) is 16.2. The quantitative estimate of drug-likeness (QED) is 0.418. The molecular weight excluding hydrogens is 386 g/mol. The molecule has 0 heterocycles. The molecule has 0 fully saturated rings. The van der Waals surface area contributed by atoms with E-state index in [0.29, 0.717) is 18.7 Å². The van der Waals surface area contributed by atoms with Crippen LogP contribution in [-0.2, 0) is 6.42 Å². The first-order valence-corrected chi connectivity index (χ1v) is 9.21. The lowest BCUT2D eigenvalue weighted by Crippen LogP contribution is -2.33. The van der Waals surface area contributed by atoms with Gasteiger partial charge in [0.05, 0.1) is 21.5 Å². The third-order valence-corrected chi connectivity index (χ3v) is 4.63. The van der Waals surface area contributed by atoms with Crippen molar-refractivity contribution in [2.45, 2.75) is 13.3 Å². The Morgan fingerprint density at radius 2 is 1.43 bits per heavy atom. The van der Waals surface area contributed by atoms with Gasteiger partial charge in [0, 0.05) is 24.4 Å². The van der Waals surface area contributed by atoms with E-state index >= 15 is 0 Å². The van der Waals surface area contributed by atoms with Crippen molar-refractivity contribution in [1.29, 1.82) is 0 Å². The first-order valence-electron chi connectivity index (χ1n) is 9.21. The minimum absolute atomic E-state index is 0.108. The Kier molecular flexibility index (Phi) is 6.17. The highest BCUT2D eigenvalue weighted by molar-refractivity contribution is 6.06. The summed E-state index contributed by atoms with van der Waals surface area (Å²) in [4.78, 5) is 35.6. The van der Waals surface area contributed by atoms with Gasteiger partial charge in [-0.25, -0.2) is 0 Å². The summed E-state index contributed by atoms with van der Waals surface area (Å²) in [7, 11) is 0. The first kappa shape index (κ1) is 20.7. The monoisotopic (exact) mass is 405 g/mol. The summed E-state index contributed by atoms with van der Waals surface area (Å²) < 4.78 is 0. The van der Waals surface area contributed by atoms with Crippen molar-refractivity contribution < 1.29 is 14.6 Å². The normalized spacial score (nSPS) is 10.4. The summed E-state index contributed by atoms with van der Waals surface area (Å²) in [5, 5.41) is 22.4. The highest BCUT2D eigenvalue weighted by Crippen LogP contribution is 2.25. The van der Waals surface area contributed by atoms with E-state index in [1.165, 1.54) is 4.90 Å². The molecule has 8 heteroatoms. The molecule has 0 saturated carbocycles. The fourth-order valence-electron chi connectivity index (χ4n) is 3.04. The van der Waals surface area contributed by atoms with Crippen LogP contribution in [0.15, 0.2) is 72.8 Å². The van der Waals surface area contributed by atoms with Crippen molar-refractivity contribution in [1.82, 2.24) is 0 Å². The lowest BCUT2D eigenvalue weighted by atomic mass is 10.1. The Morgan fingerprint density at radius 1 is 0.867 bits per heavy atom. The van der Waals surface area contributed by atoms with Gasteiger partial charge in [-0.15, -0.1) is 0 Å². The maximum absolute atomic E-state index is 13.3. The van der Waals surface area contributed by atoms with Crippen LogP contribution in [0.25, 0.3) is 0 Å². The molecule has 152 valence electrons. The number of nitro groups is 2. The van der Waals surface area contributed by atoms with Gasteiger partial charge in [-0.2, -0.15) is 0 Å². The standard InChI is InChI=1S/C22H19N3O5/c1-16-7-9-17(10-8-16)11-12-23(19-5-3-2-4-6-19)22(26)18-13-20(24(27)28)15-21(14-18)25(29)30/h2-10,13-15H,11-12H2,1H3. The average molecular weight is 405 g/mol. The number of amides is 1. The van der Waals surface area contributed by atoms with E-state index in [1.54, 1.807) is 24.3 Å². The molecule has 0 saturated heterocycles. The number of non-ortho nitro benzene ring substituents is 2. The summed E-state index contributed by atoms with van der Waals surface area (Å²) in [6, 6.07) is 19.7. The van der Waals surface area contributed by atoms with Crippen LogP contribution in [0.5, 0.6) is 0 Å². The molecule has 0 spiro atoms. The molecule has 0 N–H and O–H groups in total. The zero-order chi connectivity index (χ0) is 21.7. The number of nitrogens with zero attached hydrogens (tertiary/aromatic N) is 3. The Morgan fingerprint density at radius 3 is 1.97 bits per heavy atom. The molecule has 0 aromatic heterocycles. The number of nitro benzene ring substituents is 2. The van der Waals surface area contributed by atoms with Crippen molar-refractivity contribution in [3.63, 3.8) is 0 Å². The third kappa shape index (κ3) is 4.85. The van der Waals surface area contributed by atoms with Gasteiger partial charge in [-0.1, -0.05) is 48.0 Å². The van der Waals surface area contributed by atoms with Gasteiger partial charge in [0.2, 0.25) is 0 Å². The predicted molar refractivity (Wildman–Crippen MR) is 113 cm³/mol. The van der Waals surface area contributed by atoms with Crippen LogP contribution in [0, 0.1) is 27.2 Å². The SMILES string of the molecule is Cc1ccc(CCN(C(=O)c2cc([N+](=O)[O-])cc([N+](=O)[O-])c2)c2ccccc2)cc1. The average Bonchev–Trinajstić information content (AvgIpc) is 2.75. The Bertz CT molecular complexity index is 1050. The topological polar surface area (TPSA) is 107 Å².